The minimum atomic E-state index is -0.694. The van der Waals surface area contributed by atoms with E-state index < -0.39 is 11.6 Å². The average molecular weight is 279 g/mol. The van der Waals surface area contributed by atoms with Crippen molar-refractivity contribution in [3.8, 4) is 11.4 Å². The van der Waals surface area contributed by atoms with Crippen LogP contribution in [0.5, 0.6) is 0 Å². The number of fused-ring (bicyclic) bond motifs is 1. The van der Waals surface area contributed by atoms with Crippen LogP contribution >= 0.6 is 11.6 Å². The molecular weight excluding hydrogens is 270 g/mol. The fourth-order valence-electron chi connectivity index (χ4n) is 1.98. The number of aromatic amines is 1. The van der Waals surface area contributed by atoms with Crippen LogP contribution in [0.2, 0.25) is 5.02 Å². The molecule has 0 aliphatic rings. The summed E-state index contributed by atoms with van der Waals surface area (Å²) in [5.74, 6) is -0.916. The quantitative estimate of drug-likeness (QED) is 0.699. The first kappa shape index (κ1) is 12.1. The van der Waals surface area contributed by atoms with E-state index in [0.29, 0.717) is 21.9 Å². The fraction of sp³-hybridized carbons (Fsp3) is 0.0714. The smallest absolute Gasteiger partial charge is 0.153 e. The van der Waals surface area contributed by atoms with Crippen LogP contribution in [0.4, 0.5) is 8.78 Å². The minimum Gasteiger partial charge on any atom is -0.338 e. The third-order valence-electron chi connectivity index (χ3n) is 2.88. The van der Waals surface area contributed by atoms with Crippen LogP contribution in [0, 0.1) is 18.6 Å². The lowest BCUT2D eigenvalue weighted by Gasteiger charge is -2.01. The zero-order valence-corrected chi connectivity index (χ0v) is 10.7. The van der Waals surface area contributed by atoms with E-state index in [0.717, 1.165) is 11.6 Å². The molecule has 0 unspecified atom stereocenters. The summed E-state index contributed by atoms with van der Waals surface area (Å²) in [6, 6.07) is 7.48. The summed E-state index contributed by atoms with van der Waals surface area (Å²) in [4.78, 5) is 7.01. The van der Waals surface area contributed by atoms with Crippen molar-refractivity contribution in [3.63, 3.8) is 0 Å². The van der Waals surface area contributed by atoms with Crippen LogP contribution in [-0.2, 0) is 0 Å². The number of hydrogen-bond acceptors (Lipinski definition) is 1. The maximum atomic E-state index is 13.6. The van der Waals surface area contributed by atoms with Crippen LogP contribution in [0.25, 0.3) is 22.4 Å². The number of aromatic nitrogens is 2. The molecule has 0 bridgehead atoms. The summed E-state index contributed by atoms with van der Waals surface area (Å²) < 4.78 is 26.7. The summed E-state index contributed by atoms with van der Waals surface area (Å²) in [6.45, 7) is 1.92. The number of aryl methyl sites for hydroxylation is 1. The Morgan fingerprint density at radius 2 is 1.95 bits per heavy atom. The summed E-state index contributed by atoms with van der Waals surface area (Å²) >= 11 is 6.13. The maximum Gasteiger partial charge on any atom is 0.153 e. The van der Waals surface area contributed by atoms with E-state index in [9.17, 15) is 8.78 Å². The maximum absolute atomic E-state index is 13.6. The van der Waals surface area contributed by atoms with E-state index in [1.54, 1.807) is 12.1 Å². The third-order valence-corrected chi connectivity index (χ3v) is 3.20. The SMILES string of the molecule is Cc1ccc(-c2nc3c(F)cc(F)cc3[nH]2)c(Cl)c1. The van der Waals surface area contributed by atoms with Gasteiger partial charge in [-0.25, -0.2) is 13.8 Å². The van der Waals surface area contributed by atoms with Crippen LogP contribution in [-0.4, -0.2) is 9.97 Å². The molecule has 96 valence electrons. The number of nitrogens with zero attached hydrogens (tertiary/aromatic N) is 1. The lowest BCUT2D eigenvalue weighted by molar-refractivity contribution is 0.591. The van der Waals surface area contributed by atoms with Gasteiger partial charge in [0.25, 0.3) is 0 Å². The molecule has 3 rings (SSSR count). The van der Waals surface area contributed by atoms with Crippen molar-refractivity contribution in [1.29, 1.82) is 0 Å². The van der Waals surface area contributed by atoms with Gasteiger partial charge in [0.1, 0.15) is 17.2 Å². The van der Waals surface area contributed by atoms with Gasteiger partial charge in [0.05, 0.1) is 10.5 Å². The van der Waals surface area contributed by atoms with Gasteiger partial charge in [0.2, 0.25) is 0 Å². The molecule has 5 heteroatoms. The average Bonchev–Trinajstić information content (AvgIpc) is 2.72. The Morgan fingerprint density at radius 1 is 1.16 bits per heavy atom. The van der Waals surface area contributed by atoms with Gasteiger partial charge in [-0.1, -0.05) is 17.7 Å². The Bertz CT molecular complexity index is 780. The van der Waals surface area contributed by atoms with Crippen LogP contribution in [0.1, 0.15) is 5.56 Å². The molecular formula is C14H9ClF2N2. The fourth-order valence-corrected chi connectivity index (χ4v) is 2.31. The standard InChI is InChI=1S/C14H9ClF2N2/c1-7-2-3-9(10(15)4-7)14-18-12-6-8(16)5-11(17)13(12)19-14/h2-6H,1H3,(H,18,19). The Hall–Kier alpha value is -1.94. The molecule has 19 heavy (non-hydrogen) atoms. The molecule has 0 atom stereocenters. The highest BCUT2D eigenvalue weighted by atomic mass is 35.5. The van der Waals surface area contributed by atoms with Gasteiger partial charge in [-0.05, 0) is 30.7 Å². The zero-order valence-electron chi connectivity index (χ0n) is 9.97. The van der Waals surface area contributed by atoms with Crippen molar-refractivity contribution >= 4 is 22.6 Å². The number of imidazole rings is 1. The molecule has 2 aromatic carbocycles. The van der Waals surface area contributed by atoms with Gasteiger partial charge in [0.15, 0.2) is 5.82 Å². The first-order valence-electron chi connectivity index (χ1n) is 5.66. The molecule has 0 aliphatic carbocycles. The molecule has 1 heterocycles. The molecule has 0 saturated carbocycles. The molecule has 3 aromatic rings. The summed E-state index contributed by atoms with van der Waals surface area (Å²) in [6.07, 6.45) is 0. The molecule has 2 nitrogen and oxygen atoms in total. The van der Waals surface area contributed by atoms with Gasteiger partial charge in [-0.2, -0.15) is 0 Å². The number of nitrogens with one attached hydrogen (secondary N) is 1. The van der Waals surface area contributed by atoms with Crippen LogP contribution in [0.3, 0.4) is 0 Å². The van der Waals surface area contributed by atoms with Gasteiger partial charge < -0.3 is 4.98 Å². The number of H-pyrrole nitrogens is 1. The molecule has 1 N–H and O–H groups in total. The van der Waals surface area contributed by atoms with Crippen molar-refractivity contribution in [2.24, 2.45) is 0 Å². The van der Waals surface area contributed by atoms with E-state index >= 15 is 0 Å². The van der Waals surface area contributed by atoms with Gasteiger partial charge in [-0.3, -0.25) is 0 Å². The van der Waals surface area contributed by atoms with Gasteiger partial charge in [0, 0.05) is 11.6 Å². The van der Waals surface area contributed by atoms with Gasteiger partial charge >= 0.3 is 0 Å². The van der Waals surface area contributed by atoms with Gasteiger partial charge in [-0.15, -0.1) is 0 Å². The Balaban J connectivity index is 2.23. The molecule has 0 amide bonds. The minimum absolute atomic E-state index is 0.105. The summed E-state index contributed by atoms with van der Waals surface area (Å²) in [7, 11) is 0. The second-order valence-corrected chi connectivity index (χ2v) is 4.76. The third kappa shape index (κ3) is 2.08. The van der Waals surface area contributed by atoms with E-state index in [1.807, 2.05) is 13.0 Å². The molecule has 0 spiro atoms. The first-order valence-corrected chi connectivity index (χ1v) is 6.03. The molecule has 1 aromatic heterocycles. The first-order chi connectivity index (χ1) is 9.04. The zero-order chi connectivity index (χ0) is 13.6. The topological polar surface area (TPSA) is 28.7 Å². The Kier molecular flexibility index (Phi) is 2.75. The molecule has 0 saturated heterocycles. The Labute approximate surface area is 113 Å². The summed E-state index contributed by atoms with van der Waals surface area (Å²) in [5, 5.41) is 0.514. The highest BCUT2D eigenvalue weighted by molar-refractivity contribution is 6.33. The van der Waals surface area contributed by atoms with Crippen LogP contribution < -0.4 is 0 Å². The number of halogens is 3. The van der Waals surface area contributed by atoms with Crippen molar-refractivity contribution in [2.45, 2.75) is 6.92 Å². The van der Waals surface area contributed by atoms with Crippen molar-refractivity contribution in [2.75, 3.05) is 0 Å². The van der Waals surface area contributed by atoms with Crippen LogP contribution in [0.15, 0.2) is 30.3 Å². The van der Waals surface area contributed by atoms with E-state index in [-0.39, 0.29) is 5.52 Å². The lowest BCUT2D eigenvalue weighted by Crippen LogP contribution is -1.83. The van der Waals surface area contributed by atoms with Crippen molar-refractivity contribution in [1.82, 2.24) is 9.97 Å². The Morgan fingerprint density at radius 3 is 2.68 bits per heavy atom. The normalized spacial score (nSPS) is 11.2. The predicted molar refractivity (Wildman–Crippen MR) is 71.2 cm³/mol. The lowest BCUT2D eigenvalue weighted by atomic mass is 10.1. The van der Waals surface area contributed by atoms with Crippen molar-refractivity contribution in [3.05, 3.63) is 52.6 Å². The second-order valence-electron chi connectivity index (χ2n) is 4.35. The predicted octanol–water partition coefficient (Wildman–Crippen LogP) is 4.47. The van der Waals surface area contributed by atoms with E-state index in [2.05, 4.69) is 9.97 Å². The largest absolute Gasteiger partial charge is 0.338 e. The number of benzene rings is 2. The van der Waals surface area contributed by atoms with E-state index in [4.69, 9.17) is 11.6 Å². The highest BCUT2D eigenvalue weighted by Gasteiger charge is 2.13. The second kappa shape index (κ2) is 4.31. The monoisotopic (exact) mass is 278 g/mol. The summed E-state index contributed by atoms with van der Waals surface area (Å²) in [5.41, 5.74) is 2.09. The number of hydrogen-bond donors (Lipinski definition) is 1. The highest BCUT2D eigenvalue weighted by Crippen LogP contribution is 2.29. The molecule has 0 radical (unpaired) electrons. The van der Waals surface area contributed by atoms with Crippen molar-refractivity contribution < 1.29 is 8.78 Å². The molecule has 0 aliphatic heterocycles. The molecule has 0 fully saturated rings. The van der Waals surface area contributed by atoms with E-state index in [1.165, 1.54) is 6.07 Å². The number of rotatable bonds is 1.